The molecule has 2 rings (SSSR count). The number of carbonyl (C=O) groups excluding carboxylic acids is 1. The van der Waals surface area contributed by atoms with Crippen LogP contribution in [0.5, 0.6) is 11.5 Å². The predicted octanol–water partition coefficient (Wildman–Crippen LogP) is 4.67. The molecule has 0 fully saturated rings. The van der Waals surface area contributed by atoms with Gasteiger partial charge in [0.2, 0.25) is 0 Å². The van der Waals surface area contributed by atoms with Crippen LogP contribution in [-0.4, -0.2) is 16.0 Å². The van der Waals surface area contributed by atoms with Crippen molar-refractivity contribution in [3.8, 4) is 11.5 Å². The SMILES string of the molecule is O=C(Oc1cc([N+](=O)[O-])c(Cl)cc1F)Oc1cc([N+](=O)[O-])c(Cl)cc1F. The Morgan fingerprint density at radius 2 is 1.19 bits per heavy atom. The van der Waals surface area contributed by atoms with Crippen LogP contribution in [0.25, 0.3) is 0 Å². The topological polar surface area (TPSA) is 122 Å². The van der Waals surface area contributed by atoms with E-state index in [1.807, 2.05) is 0 Å². The molecule has 2 aromatic rings. The molecule has 0 N–H and O–H groups in total. The van der Waals surface area contributed by atoms with Crippen molar-refractivity contribution < 1.29 is 32.9 Å². The summed E-state index contributed by atoms with van der Waals surface area (Å²) in [5.41, 5.74) is -1.52. The fourth-order valence-corrected chi connectivity index (χ4v) is 2.11. The van der Waals surface area contributed by atoms with Gasteiger partial charge in [-0.25, -0.2) is 13.6 Å². The normalized spacial score (nSPS) is 10.3. The lowest BCUT2D eigenvalue weighted by Gasteiger charge is -2.08. The van der Waals surface area contributed by atoms with Gasteiger partial charge in [-0.15, -0.1) is 0 Å². The predicted molar refractivity (Wildman–Crippen MR) is 82.8 cm³/mol. The minimum atomic E-state index is -1.71. The summed E-state index contributed by atoms with van der Waals surface area (Å²) in [6.45, 7) is 0. The quantitative estimate of drug-likeness (QED) is 0.311. The summed E-state index contributed by atoms with van der Waals surface area (Å²) in [5, 5.41) is 20.4. The van der Waals surface area contributed by atoms with E-state index in [2.05, 4.69) is 9.47 Å². The van der Waals surface area contributed by atoms with Gasteiger partial charge >= 0.3 is 6.16 Å². The van der Waals surface area contributed by atoms with Crippen LogP contribution < -0.4 is 9.47 Å². The summed E-state index contributed by atoms with van der Waals surface area (Å²) in [6, 6.07) is 2.07. The molecule has 0 saturated heterocycles. The number of halogens is 4. The van der Waals surface area contributed by atoms with E-state index in [1.54, 1.807) is 0 Å². The molecule has 136 valence electrons. The van der Waals surface area contributed by atoms with Crippen LogP contribution in [0.3, 0.4) is 0 Å². The Balaban J connectivity index is 2.27. The fourth-order valence-electron chi connectivity index (χ4n) is 1.67. The van der Waals surface area contributed by atoms with Gasteiger partial charge in [0, 0.05) is 12.1 Å². The lowest BCUT2D eigenvalue weighted by atomic mass is 10.3. The van der Waals surface area contributed by atoms with Crippen molar-refractivity contribution in [3.63, 3.8) is 0 Å². The van der Waals surface area contributed by atoms with Gasteiger partial charge in [-0.1, -0.05) is 23.2 Å². The van der Waals surface area contributed by atoms with Gasteiger partial charge in [0.1, 0.15) is 10.0 Å². The van der Waals surface area contributed by atoms with E-state index >= 15 is 0 Å². The number of carbonyl (C=O) groups is 1. The summed E-state index contributed by atoms with van der Waals surface area (Å²) < 4.78 is 36.2. The number of nitrogens with zero attached hydrogens (tertiary/aromatic N) is 2. The van der Waals surface area contributed by atoms with Crippen LogP contribution in [0, 0.1) is 31.9 Å². The minimum absolute atomic E-state index is 0.513. The first-order chi connectivity index (χ1) is 12.1. The van der Waals surface area contributed by atoms with Gasteiger partial charge < -0.3 is 9.47 Å². The Hall–Kier alpha value is -3.05. The molecule has 0 bridgehead atoms. The average molecular weight is 409 g/mol. The van der Waals surface area contributed by atoms with Crippen molar-refractivity contribution in [2.24, 2.45) is 0 Å². The van der Waals surface area contributed by atoms with E-state index in [4.69, 9.17) is 23.2 Å². The van der Waals surface area contributed by atoms with Crippen molar-refractivity contribution >= 4 is 40.7 Å². The first-order valence-corrected chi connectivity index (χ1v) is 7.02. The summed E-state index contributed by atoms with van der Waals surface area (Å²) in [4.78, 5) is 31.2. The van der Waals surface area contributed by atoms with Crippen molar-refractivity contribution in [1.29, 1.82) is 0 Å². The third-order valence-electron chi connectivity index (χ3n) is 2.78. The first-order valence-electron chi connectivity index (χ1n) is 6.26. The second kappa shape index (κ2) is 7.45. The maximum atomic E-state index is 13.7. The standard InChI is InChI=1S/C13H4Cl2F2N2O7/c14-5-1-7(16)11(3-9(5)18(21)22)25-13(20)26-12-4-10(19(23)24)6(15)2-8(12)17/h1-4H. The molecule has 0 aliphatic rings. The zero-order valence-electron chi connectivity index (χ0n) is 12.1. The molecule has 0 heterocycles. The summed E-state index contributed by atoms with van der Waals surface area (Å²) in [6.07, 6.45) is -1.71. The number of hydrogen-bond acceptors (Lipinski definition) is 7. The van der Waals surface area contributed by atoms with E-state index in [-0.39, 0.29) is 0 Å². The van der Waals surface area contributed by atoms with Gasteiger partial charge in [-0.05, 0) is 0 Å². The maximum absolute atomic E-state index is 13.7. The molecule has 0 spiro atoms. The Morgan fingerprint density at radius 3 is 1.50 bits per heavy atom. The Morgan fingerprint density at radius 1 is 0.846 bits per heavy atom. The van der Waals surface area contributed by atoms with E-state index in [1.165, 1.54) is 0 Å². The second-order valence-corrected chi connectivity index (χ2v) is 5.25. The van der Waals surface area contributed by atoms with Crippen molar-refractivity contribution in [3.05, 3.63) is 66.2 Å². The molecule has 0 saturated carbocycles. The highest BCUT2D eigenvalue weighted by Crippen LogP contribution is 2.33. The summed E-state index contributed by atoms with van der Waals surface area (Å²) in [7, 11) is 0. The van der Waals surface area contributed by atoms with Crippen molar-refractivity contribution in [1.82, 2.24) is 0 Å². The number of nitro groups is 2. The number of hydrogen-bond donors (Lipinski definition) is 0. The van der Waals surface area contributed by atoms with E-state index in [0.29, 0.717) is 24.3 Å². The monoisotopic (exact) mass is 408 g/mol. The zero-order chi connectivity index (χ0) is 19.6. The van der Waals surface area contributed by atoms with Crippen LogP contribution in [0.1, 0.15) is 0 Å². The smallest absolute Gasteiger partial charge is 0.391 e. The lowest BCUT2D eigenvalue weighted by Crippen LogP contribution is -2.15. The molecule has 0 radical (unpaired) electrons. The Bertz CT molecular complexity index is 866. The van der Waals surface area contributed by atoms with Crippen molar-refractivity contribution in [2.45, 2.75) is 0 Å². The highest BCUT2D eigenvalue weighted by atomic mass is 35.5. The Labute approximate surface area is 151 Å². The van der Waals surface area contributed by atoms with Crippen LogP contribution in [0.15, 0.2) is 24.3 Å². The van der Waals surface area contributed by atoms with Gasteiger partial charge in [0.15, 0.2) is 23.1 Å². The number of benzene rings is 2. The molecular weight excluding hydrogens is 405 g/mol. The Kier molecular flexibility index (Phi) is 5.53. The maximum Gasteiger partial charge on any atom is 0.519 e. The summed E-state index contributed by atoms with van der Waals surface area (Å²) >= 11 is 10.9. The third kappa shape index (κ3) is 4.13. The number of ether oxygens (including phenoxy) is 2. The molecule has 13 heteroatoms. The van der Waals surface area contributed by atoms with Gasteiger partial charge in [-0.3, -0.25) is 20.2 Å². The molecule has 26 heavy (non-hydrogen) atoms. The highest BCUT2D eigenvalue weighted by molar-refractivity contribution is 6.33. The van der Waals surface area contributed by atoms with E-state index < -0.39 is 60.6 Å². The second-order valence-electron chi connectivity index (χ2n) is 4.44. The molecule has 0 aliphatic carbocycles. The minimum Gasteiger partial charge on any atom is -0.391 e. The fraction of sp³-hybridized carbons (Fsp3) is 0. The summed E-state index contributed by atoms with van der Waals surface area (Å²) in [5.74, 6) is -4.31. The molecular formula is C13H4Cl2F2N2O7. The molecule has 0 unspecified atom stereocenters. The van der Waals surface area contributed by atoms with Crippen LogP contribution in [0.2, 0.25) is 10.0 Å². The molecule has 0 aromatic heterocycles. The number of rotatable bonds is 4. The van der Waals surface area contributed by atoms with Gasteiger partial charge in [-0.2, -0.15) is 0 Å². The lowest BCUT2D eigenvalue weighted by molar-refractivity contribution is -0.384. The van der Waals surface area contributed by atoms with Crippen LogP contribution in [0.4, 0.5) is 25.0 Å². The number of nitro benzene ring substituents is 2. The zero-order valence-corrected chi connectivity index (χ0v) is 13.6. The molecule has 2 aromatic carbocycles. The molecule has 0 aliphatic heterocycles. The third-order valence-corrected chi connectivity index (χ3v) is 3.39. The van der Waals surface area contributed by atoms with Crippen LogP contribution >= 0.6 is 23.2 Å². The average Bonchev–Trinajstić information content (AvgIpc) is 2.51. The van der Waals surface area contributed by atoms with Crippen molar-refractivity contribution in [2.75, 3.05) is 0 Å². The van der Waals surface area contributed by atoms with Crippen LogP contribution in [-0.2, 0) is 0 Å². The van der Waals surface area contributed by atoms with Gasteiger partial charge in [0.05, 0.1) is 22.0 Å². The molecule has 9 nitrogen and oxygen atoms in total. The first kappa shape index (κ1) is 19.3. The highest BCUT2D eigenvalue weighted by Gasteiger charge is 2.23. The largest absolute Gasteiger partial charge is 0.519 e. The van der Waals surface area contributed by atoms with E-state index in [9.17, 15) is 33.8 Å². The van der Waals surface area contributed by atoms with Gasteiger partial charge in [0.25, 0.3) is 11.4 Å². The molecule has 0 atom stereocenters. The molecule has 0 amide bonds. The van der Waals surface area contributed by atoms with E-state index in [0.717, 1.165) is 0 Å².